The molecule has 2 N–H and O–H groups in total. The van der Waals surface area contributed by atoms with E-state index in [0.717, 1.165) is 37.0 Å². The van der Waals surface area contributed by atoms with Crippen LogP contribution in [-0.4, -0.2) is 23.2 Å². The minimum atomic E-state index is -0.747. The van der Waals surface area contributed by atoms with E-state index in [2.05, 4.69) is 12.2 Å². The van der Waals surface area contributed by atoms with Gasteiger partial charge in [0.2, 0.25) is 0 Å². The van der Waals surface area contributed by atoms with Gasteiger partial charge in [-0.25, -0.2) is 0 Å². The lowest BCUT2D eigenvalue weighted by Crippen LogP contribution is -2.45. The quantitative estimate of drug-likeness (QED) is 0.894. The Kier molecular flexibility index (Phi) is 4.23. The normalized spacial score (nSPS) is 26.6. The van der Waals surface area contributed by atoms with E-state index in [-0.39, 0.29) is 5.91 Å². The Morgan fingerprint density at radius 3 is 2.40 bits per heavy atom. The number of amides is 1. The number of nitrogens with one attached hydrogen (secondary N) is 1. The fourth-order valence-corrected chi connectivity index (χ4v) is 2.94. The van der Waals surface area contributed by atoms with E-state index in [1.54, 1.807) is 6.92 Å². The monoisotopic (exact) mass is 279 g/mol. The summed E-state index contributed by atoms with van der Waals surface area (Å²) in [7, 11) is 0. The zero-order chi connectivity index (χ0) is 14.9. The molecule has 4 heteroatoms. The predicted octanol–water partition coefficient (Wildman–Crippen LogP) is 2.88. The minimum absolute atomic E-state index is 0.149. The number of aryl methyl sites for hydroxylation is 2. The Hall–Kier alpha value is -1.29. The first-order valence-electron chi connectivity index (χ1n) is 7.39. The second-order valence-corrected chi connectivity index (χ2v) is 6.30. The van der Waals surface area contributed by atoms with Gasteiger partial charge in [0.1, 0.15) is 11.5 Å². The molecule has 1 saturated carbocycles. The maximum absolute atomic E-state index is 12.3. The van der Waals surface area contributed by atoms with Crippen molar-refractivity contribution >= 4 is 5.91 Å². The summed E-state index contributed by atoms with van der Waals surface area (Å²) in [5.41, 5.74) is 0.738. The average molecular weight is 279 g/mol. The smallest absolute Gasteiger partial charge is 0.255 e. The van der Waals surface area contributed by atoms with Crippen molar-refractivity contribution in [1.29, 1.82) is 0 Å². The Labute approximate surface area is 120 Å². The van der Waals surface area contributed by atoms with Gasteiger partial charge < -0.3 is 14.8 Å². The van der Waals surface area contributed by atoms with Crippen molar-refractivity contribution in [2.75, 3.05) is 6.54 Å². The summed E-state index contributed by atoms with van der Waals surface area (Å²) >= 11 is 0. The number of rotatable bonds is 3. The summed E-state index contributed by atoms with van der Waals surface area (Å²) in [6.45, 7) is 8.07. The number of hydrogen-bond donors (Lipinski definition) is 2. The van der Waals surface area contributed by atoms with Gasteiger partial charge in [0.05, 0.1) is 11.2 Å². The van der Waals surface area contributed by atoms with Crippen molar-refractivity contribution in [3.63, 3.8) is 0 Å². The van der Waals surface area contributed by atoms with Crippen molar-refractivity contribution in [3.8, 4) is 0 Å². The van der Waals surface area contributed by atoms with Gasteiger partial charge in [-0.15, -0.1) is 0 Å². The third-order valence-electron chi connectivity index (χ3n) is 4.57. The first-order valence-corrected chi connectivity index (χ1v) is 7.39. The van der Waals surface area contributed by atoms with Crippen LogP contribution < -0.4 is 5.32 Å². The largest absolute Gasteiger partial charge is 0.466 e. The van der Waals surface area contributed by atoms with Gasteiger partial charge in [-0.1, -0.05) is 6.92 Å². The van der Waals surface area contributed by atoms with Crippen LogP contribution in [0.2, 0.25) is 0 Å². The lowest BCUT2D eigenvalue weighted by Gasteiger charge is -2.34. The minimum Gasteiger partial charge on any atom is -0.466 e. The fourth-order valence-electron chi connectivity index (χ4n) is 2.94. The van der Waals surface area contributed by atoms with Gasteiger partial charge in [0, 0.05) is 12.1 Å². The van der Waals surface area contributed by atoms with Crippen LogP contribution in [0, 0.1) is 26.7 Å². The molecule has 1 aliphatic carbocycles. The van der Waals surface area contributed by atoms with Crippen molar-refractivity contribution in [3.05, 3.63) is 22.6 Å². The molecular weight excluding hydrogens is 254 g/mol. The summed E-state index contributed by atoms with van der Waals surface area (Å²) in [6, 6.07) is 0. The predicted molar refractivity (Wildman–Crippen MR) is 77.8 cm³/mol. The summed E-state index contributed by atoms with van der Waals surface area (Å²) in [5, 5.41) is 13.4. The van der Waals surface area contributed by atoms with E-state index in [0.29, 0.717) is 23.8 Å². The molecule has 112 valence electrons. The van der Waals surface area contributed by atoms with Crippen LogP contribution >= 0.6 is 0 Å². The highest BCUT2D eigenvalue weighted by molar-refractivity contribution is 5.96. The lowest BCUT2D eigenvalue weighted by molar-refractivity contribution is -0.00542. The van der Waals surface area contributed by atoms with Crippen LogP contribution in [0.3, 0.4) is 0 Å². The molecule has 1 aromatic heterocycles. The highest BCUT2D eigenvalue weighted by Crippen LogP contribution is 2.31. The third-order valence-corrected chi connectivity index (χ3v) is 4.57. The molecular formula is C16H25NO3. The summed E-state index contributed by atoms with van der Waals surface area (Å²) in [6.07, 6.45) is 3.57. The molecule has 1 aromatic rings. The van der Waals surface area contributed by atoms with Crippen LogP contribution in [0.4, 0.5) is 0 Å². The number of furan rings is 1. The van der Waals surface area contributed by atoms with Gasteiger partial charge >= 0.3 is 0 Å². The van der Waals surface area contributed by atoms with Gasteiger partial charge in [-0.2, -0.15) is 0 Å². The molecule has 0 spiro atoms. The molecule has 20 heavy (non-hydrogen) atoms. The Balaban J connectivity index is 1.99. The van der Waals surface area contributed by atoms with Crippen molar-refractivity contribution < 1.29 is 14.3 Å². The number of hydrogen-bond acceptors (Lipinski definition) is 3. The number of carbonyl (C=O) groups is 1. The van der Waals surface area contributed by atoms with Crippen LogP contribution in [0.1, 0.15) is 60.0 Å². The number of carbonyl (C=O) groups excluding carboxylic acids is 1. The molecule has 1 heterocycles. The molecule has 0 bridgehead atoms. The van der Waals surface area contributed by atoms with Gasteiger partial charge in [0.25, 0.3) is 5.91 Å². The SMILES string of the molecule is Cc1oc(C)c(C(=O)NCC2(O)CCC(C)CC2)c1C. The lowest BCUT2D eigenvalue weighted by atomic mass is 9.79. The molecule has 0 unspecified atom stereocenters. The summed E-state index contributed by atoms with van der Waals surface area (Å²) in [5.74, 6) is 1.94. The van der Waals surface area contributed by atoms with E-state index in [1.807, 2.05) is 13.8 Å². The van der Waals surface area contributed by atoms with Crippen LogP contribution in [0.5, 0.6) is 0 Å². The Morgan fingerprint density at radius 1 is 1.30 bits per heavy atom. The molecule has 4 nitrogen and oxygen atoms in total. The molecule has 0 saturated heterocycles. The van der Waals surface area contributed by atoms with Crippen LogP contribution in [0.25, 0.3) is 0 Å². The number of aliphatic hydroxyl groups is 1. The van der Waals surface area contributed by atoms with E-state index < -0.39 is 5.60 Å². The first-order chi connectivity index (χ1) is 9.32. The molecule has 0 radical (unpaired) electrons. The molecule has 0 aromatic carbocycles. The maximum Gasteiger partial charge on any atom is 0.255 e. The van der Waals surface area contributed by atoms with E-state index in [9.17, 15) is 9.90 Å². The third kappa shape index (κ3) is 3.06. The highest BCUT2D eigenvalue weighted by atomic mass is 16.3. The maximum atomic E-state index is 12.3. The van der Waals surface area contributed by atoms with Gasteiger partial charge in [-0.05, 0) is 52.4 Å². The van der Waals surface area contributed by atoms with E-state index in [4.69, 9.17) is 4.42 Å². The first kappa shape index (κ1) is 15.1. The second kappa shape index (κ2) is 5.60. The Morgan fingerprint density at radius 2 is 1.90 bits per heavy atom. The van der Waals surface area contributed by atoms with Crippen LogP contribution in [0.15, 0.2) is 4.42 Å². The average Bonchev–Trinajstić information content (AvgIpc) is 2.65. The molecule has 1 amide bonds. The van der Waals surface area contributed by atoms with Gasteiger partial charge in [-0.3, -0.25) is 4.79 Å². The fraction of sp³-hybridized carbons (Fsp3) is 0.688. The highest BCUT2D eigenvalue weighted by Gasteiger charge is 2.32. The van der Waals surface area contributed by atoms with Crippen molar-refractivity contribution in [2.24, 2.45) is 5.92 Å². The Bertz CT molecular complexity index is 496. The molecule has 1 aliphatic rings. The molecule has 0 aliphatic heterocycles. The van der Waals surface area contributed by atoms with Crippen molar-refractivity contribution in [1.82, 2.24) is 5.32 Å². The molecule has 1 fully saturated rings. The van der Waals surface area contributed by atoms with Crippen molar-refractivity contribution in [2.45, 2.75) is 59.0 Å². The zero-order valence-corrected chi connectivity index (χ0v) is 12.9. The topological polar surface area (TPSA) is 62.5 Å². The van der Waals surface area contributed by atoms with Gasteiger partial charge in [0.15, 0.2) is 0 Å². The summed E-state index contributed by atoms with van der Waals surface area (Å²) < 4.78 is 5.47. The van der Waals surface area contributed by atoms with E-state index >= 15 is 0 Å². The second-order valence-electron chi connectivity index (χ2n) is 6.30. The van der Waals surface area contributed by atoms with E-state index in [1.165, 1.54) is 0 Å². The standard InChI is InChI=1S/C16H25NO3/c1-10-5-7-16(19,8-6-10)9-17-15(18)14-11(2)12(3)20-13(14)4/h10,19H,5-9H2,1-4H3,(H,17,18). The molecule has 0 atom stereocenters. The van der Waals surface area contributed by atoms with Crippen LogP contribution in [-0.2, 0) is 0 Å². The zero-order valence-electron chi connectivity index (χ0n) is 12.9. The summed E-state index contributed by atoms with van der Waals surface area (Å²) in [4.78, 5) is 12.3. The molecule has 2 rings (SSSR count).